The zero-order valence-electron chi connectivity index (χ0n) is 11.8. The minimum atomic E-state index is 0.866. The van der Waals surface area contributed by atoms with E-state index in [4.69, 9.17) is 0 Å². The van der Waals surface area contributed by atoms with Crippen molar-refractivity contribution >= 4 is 6.34 Å². The molecule has 2 fully saturated rings. The third kappa shape index (κ3) is 2.89. The fraction of sp³-hybridized carbons (Fsp3) is 0.938. The van der Waals surface area contributed by atoms with Gasteiger partial charge in [-0.2, -0.15) is 0 Å². The van der Waals surface area contributed by atoms with Crippen molar-refractivity contribution in [2.45, 2.75) is 82.7 Å². The van der Waals surface area contributed by atoms with Crippen LogP contribution in [0.2, 0.25) is 0 Å². The van der Waals surface area contributed by atoms with Crippen LogP contribution >= 0.6 is 0 Å². The van der Waals surface area contributed by atoms with Crippen molar-refractivity contribution in [2.24, 2.45) is 0 Å². The predicted octanol–water partition coefficient (Wildman–Crippen LogP) is 3.40. The molecular formula is C16H29N2+. The predicted molar refractivity (Wildman–Crippen MR) is 76.3 cm³/mol. The Morgan fingerprint density at radius 2 is 1.44 bits per heavy atom. The maximum absolute atomic E-state index is 2.69. The van der Waals surface area contributed by atoms with Gasteiger partial charge in [0.2, 0.25) is 6.34 Å². The van der Waals surface area contributed by atoms with E-state index in [1.165, 1.54) is 83.7 Å². The van der Waals surface area contributed by atoms with E-state index in [-0.39, 0.29) is 0 Å². The summed E-state index contributed by atoms with van der Waals surface area (Å²) in [6, 6.07) is 1.73. The van der Waals surface area contributed by atoms with Crippen LogP contribution in [0.1, 0.15) is 70.6 Å². The molecule has 102 valence electrons. The average Bonchev–Trinajstić information content (AvgIpc) is 2.49. The van der Waals surface area contributed by atoms with E-state index in [1.807, 2.05) is 0 Å². The van der Waals surface area contributed by atoms with Crippen LogP contribution in [-0.2, 0) is 0 Å². The van der Waals surface area contributed by atoms with Crippen molar-refractivity contribution < 1.29 is 4.58 Å². The van der Waals surface area contributed by atoms with Gasteiger partial charge < -0.3 is 0 Å². The summed E-state index contributed by atoms with van der Waals surface area (Å²) in [5, 5.41) is 0. The van der Waals surface area contributed by atoms with Gasteiger partial charge in [0, 0.05) is 6.42 Å². The summed E-state index contributed by atoms with van der Waals surface area (Å²) in [6.45, 7) is 2.63. The summed E-state index contributed by atoms with van der Waals surface area (Å²) in [6.07, 6.45) is 18.4. The van der Waals surface area contributed by atoms with Gasteiger partial charge in [-0.1, -0.05) is 12.8 Å². The normalized spacial score (nSPS) is 28.2. The van der Waals surface area contributed by atoms with E-state index in [1.54, 1.807) is 0 Å². The van der Waals surface area contributed by atoms with E-state index < -0.39 is 0 Å². The molecule has 0 unspecified atom stereocenters. The first kappa shape index (κ1) is 12.5. The van der Waals surface area contributed by atoms with Gasteiger partial charge in [0.05, 0.1) is 25.2 Å². The SMILES string of the molecule is C1=[N+](C2CCCCC2)CCCN1C1CCCCC1. The molecule has 0 radical (unpaired) electrons. The first-order chi connectivity index (χ1) is 8.93. The number of hydrogen-bond donors (Lipinski definition) is 0. The topological polar surface area (TPSA) is 6.25 Å². The molecule has 0 aromatic heterocycles. The summed E-state index contributed by atoms with van der Waals surface area (Å²) in [4.78, 5) is 2.69. The van der Waals surface area contributed by atoms with Crippen LogP contribution in [-0.4, -0.2) is 41.0 Å². The van der Waals surface area contributed by atoms with Crippen molar-refractivity contribution in [2.75, 3.05) is 13.1 Å². The lowest BCUT2D eigenvalue weighted by Gasteiger charge is -2.33. The van der Waals surface area contributed by atoms with E-state index >= 15 is 0 Å². The van der Waals surface area contributed by atoms with Crippen LogP contribution in [0, 0.1) is 0 Å². The molecule has 3 rings (SSSR count). The van der Waals surface area contributed by atoms with E-state index in [0.717, 1.165) is 12.1 Å². The summed E-state index contributed by atoms with van der Waals surface area (Å²) >= 11 is 0. The highest BCUT2D eigenvalue weighted by Crippen LogP contribution is 2.25. The first-order valence-corrected chi connectivity index (χ1v) is 8.30. The third-order valence-corrected chi connectivity index (χ3v) is 5.22. The fourth-order valence-electron chi connectivity index (χ4n) is 4.12. The fourth-order valence-corrected chi connectivity index (χ4v) is 4.12. The largest absolute Gasteiger partial charge is 0.265 e. The quantitative estimate of drug-likeness (QED) is 0.680. The third-order valence-electron chi connectivity index (χ3n) is 5.22. The van der Waals surface area contributed by atoms with Gasteiger partial charge in [0.25, 0.3) is 0 Å². The molecule has 1 aliphatic heterocycles. The molecule has 3 aliphatic rings. The second kappa shape index (κ2) is 6.08. The van der Waals surface area contributed by atoms with E-state index in [2.05, 4.69) is 15.8 Å². The maximum atomic E-state index is 2.69. The summed E-state index contributed by atoms with van der Waals surface area (Å²) in [7, 11) is 0. The standard InChI is InChI=1S/C16H29N2/c1-3-8-15(9-4-1)17-12-7-13-18(14-17)16-10-5-2-6-11-16/h14-16H,1-13H2/q+1. The monoisotopic (exact) mass is 249 g/mol. The van der Waals surface area contributed by atoms with Crippen LogP contribution in [0.25, 0.3) is 0 Å². The van der Waals surface area contributed by atoms with Gasteiger partial charge in [-0.3, -0.25) is 9.48 Å². The lowest BCUT2D eigenvalue weighted by molar-refractivity contribution is -0.574. The van der Waals surface area contributed by atoms with Crippen LogP contribution in [0.15, 0.2) is 0 Å². The lowest BCUT2D eigenvalue weighted by atomic mass is 9.93. The smallest absolute Gasteiger partial charge is 0.234 e. The zero-order chi connectivity index (χ0) is 12.2. The van der Waals surface area contributed by atoms with Crippen molar-refractivity contribution in [1.29, 1.82) is 0 Å². The van der Waals surface area contributed by atoms with Crippen molar-refractivity contribution in [1.82, 2.24) is 4.90 Å². The molecule has 0 N–H and O–H groups in total. The molecule has 18 heavy (non-hydrogen) atoms. The van der Waals surface area contributed by atoms with Gasteiger partial charge in [0.15, 0.2) is 0 Å². The molecule has 0 amide bonds. The van der Waals surface area contributed by atoms with Gasteiger partial charge in [-0.25, -0.2) is 0 Å². The summed E-state index contributed by atoms with van der Waals surface area (Å²) in [5.74, 6) is 0. The highest BCUT2D eigenvalue weighted by Gasteiger charge is 2.29. The molecule has 1 heterocycles. The Balaban J connectivity index is 1.64. The highest BCUT2D eigenvalue weighted by atomic mass is 15.3. The molecule has 0 spiro atoms. The number of hydrogen-bond acceptors (Lipinski definition) is 1. The molecule has 0 aromatic rings. The Labute approximate surface area is 112 Å². The van der Waals surface area contributed by atoms with Crippen LogP contribution < -0.4 is 0 Å². The van der Waals surface area contributed by atoms with Gasteiger partial charge in [0.1, 0.15) is 0 Å². The first-order valence-electron chi connectivity index (χ1n) is 8.30. The minimum Gasteiger partial charge on any atom is -0.265 e. The Kier molecular flexibility index (Phi) is 4.22. The Bertz CT molecular complexity index is 285. The van der Waals surface area contributed by atoms with Crippen molar-refractivity contribution in [3.05, 3.63) is 0 Å². The molecule has 2 saturated carbocycles. The molecule has 0 aromatic carbocycles. The molecule has 2 aliphatic carbocycles. The van der Waals surface area contributed by atoms with E-state index in [9.17, 15) is 0 Å². The zero-order valence-corrected chi connectivity index (χ0v) is 11.8. The minimum absolute atomic E-state index is 0.866. The molecule has 2 nitrogen and oxygen atoms in total. The molecule has 0 saturated heterocycles. The van der Waals surface area contributed by atoms with Crippen molar-refractivity contribution in [3.8, 4) is 0 Å². The van der Waals surface area contributed by atoms with Gasteiger partial charge >= 0.3 is 0 Å². The Morgan fingerprint density at radius 1 is 0.778 bits per heavy atom. The number of nitrogens with zero attached hydrogens (tertiary/aromatic N) is 2. The van der Waals surface area contributed by atoms with Crippen molar-refractivity contribution in [3.63, 3.8) is 0 Å². The van der Waals surface area contributed by atoms with Crippen LogP contribution in [0.5, 0.6) is 0 Å². The van der Waals surface area contributed by atoms with Crippen LogP contribution in [0.3, 0.4) is 0 Å². The molecule has 2 heteroatoms. The molecular weight excluding hydrogens is 220 g/mol. The maximum Gasteiger partial charge on any atom is 0.234 e. The van der Waals surface area contributed by atoms with Gasteiger partial charge in [-0.05, 0) is 51.4 Å². The average molecular weight is 249 g/mol. The Morgan fingerprint density at radius 3 is 2.17 bits per heavy atom. The van der Waals surface area contributed by atoms with Gasteiger partial charge in [-0.15, -0.1) is 0 Å². The lowest BCUT2D eigenvalue weighted by Crippen LogP contribution is -2.46. The molecule has 0 atom stereocenters. The number of rotatable bonds is 2. The molecule has 0 bridgehead atoms. The second-order valence-electron chi connectivity index (χ2n) is 6.53. The Hall–Kier alpha value is -0.530. The summed E-state index contributed by atoms with van der Waals surface area (Å²) in [5.41, 5.74) is 0. The van der Waals surface area contributed by atoms with Crippen LogP contribution in [0.4, 0.5) is 0 Å². The van der Waals surface area contributed by atoms with E-state index in [0.29, 0.717) is 0 Å². The highest BCUT2D eigenvalue weighted by molar-refractivity contribution is 5.50. The summed E-state index contributed by atoms with van der Waals surface area (Å²) < 4.78 is 2.69. The second-order valence-corrected chi connectivity index (χ2v) is 6.53.